The van der Waals surface area contributed by atoms with Crippen molar-refractivity contribution in [3.8, 4) is 0 Å². The van der Waals surface area contributed by atoms with Gasteiger partial charge in [-0.15, -0.1) is 24.0 Å². The molecule has 0 saturated carbocycles. The summed E-state index contributed by atoms with van der Waals surface area (Å²) in [4.78, 5) is 7.06. The fraction of sp³-hybridized carbons (Fsp3) is 0.909. The van der Waals surface area contributed by atoms with Crippen molar-refractivity contribution in [1.82, 2.24) is 10.2 Å². The van der Waals surface area contributed by atoms with E-state index in [-0.39, 0.29) is 24.0 Å². The highest BCUT2D eigenvalue weighted by molar-refractivity contribution is 14.0. The molecule has 2 aliphatic heterocycles. The van der Waals surface area contributed by atoms with Gasteiger partial charge in [0.25, 0.3) is 0 Å². The van der Waals surface area contributed by atoms with Gasteiger partial charge in [-0.3, -0.25) is 4.99 Å². The standard InChI is InChI=1S/C11H21N3.HI/c1-3-6-12-11-13-7-10-5-4-9(2)8-14(10)11;/h9-10H,3-8H2,1-2H3,(H,12,13);1H. The van der Waals surface area contributed by atoms with Crippen molar-refractivity contribution in [2.24, 2.45) is 10.9 Å². The van der Waals surface area contributed by atoms with E-state index in [0.717, 1.165) is 25.0 Å². The summed E-state index contributed by atoms with van der Waals surface area (Å²) < 4.78 is 0. The van der Waals surface area contributed by atoms with E-state index in [1.807, 2.05) is 0 Å². The normalized spacial score (nSPS) is 29.2. The van der Waals surface area contributed by atoms with Crippen LogP contribution in [0.1, 0.15) is 33.1 Å². The highest BCUT2D eigenvalue weighted by Crippen LogP contribution is 2.24. The molecule has 0 aromatic carbocycles. The van der Waals surface area contributed by atoms with E-state index < -0.39 is 0 Å². The molecule has 2 aliphatic rings. The lowest BCUT2D eigenvalue weighted by molar-refractivity contribution is 0.211. The maximum atomic E-state index is 4.58. The largest absolute Gasteiger partial charge is 0.356 e. The van der Waals surface area contributed by atoms with Gasteiger partial charge in [-0.2, -0.15) is 0 Å². The number of halogens is 1. The van der Waals surface area contributed by atoms with Crippen LogP contribution < -0.4 is 5.32 Å². The summed E-state index contributed by atoms with van der Waals surface area (Å²) in [5.74, 6) is 1.99. The van der Waals surface area contributed by atoms with Crippen molar-refractivity contribution in [1.29, 1.82) is 0 Å². The highest BCUT2D eigenvalue weighted by Gasteiger charge is 2.32. The minimum absolute atomic E-state index is 0. The van der Waals surface area contributed by atoms with Crippen molar-refractivity contribution < 1.29 is 0 Å². The van der Waals surface area contributed by atoms with Crippen molar-refractivity contribution in [2.45, 2.75) is 39.2 Å². The number of fused-ring (bicyclic) bond motifs is 1. The monoisotopic (exact) mass is 323 g/mol. The molecule has 1 N–H and O–H groups in total. The van der Waals surface area contributed by atoms with Gasteiger partial charge in [0.2, 0.25) is 0 Å². The molecule has 2 unspecified atom stereocenters. The minimum Gasteiger partial charge on any atom is -0.356 e. The maximum absolute atomic E-state index is 4.58. The Kier molecular flexibility index (Phi) is 5.15. The minimum atomic E-state index is 0. The summed E-state index contributed by atoms with van der Waals surface area (Å²) in [6, 6.07) is 0.700. The molecule has 0 aliphatic carbocycles. The number of hydrogen-bond acceptors (Lipinski definition) is 3. The van der Waals surface area contributed by atoms with Gasteiger partial charge in [0.15, 0.2) is 5.96 Å². The molecule has 0 aromatic rings. The molecule has 2 atom stereocenters. The molecule has 2 rings (SSSR count). The number of guanidine groups is 1. The summed E-state index contributed by atoms with van der Waals surface area (Å²) in [6.45, 7) is 7.79. The molecule has 1 fully saturated rings. The topological polar surface area (TPSA) is 27.6 Å². The number of aliphatic imine (C=N–C) groups is 1. The van der Waals surface area contributed by atoms with Gasteiger partial charge in [-0.05, 0) is 25.2 Å². The molecule has 2 heterocycles. The molecular formula is C11H22IN3. The fourth-order valence-electron chi connectivity index (χ4n) is 2.34. The molecule has 15 heavy (non-hydrogen) atoms. The second kappa shape index (κ2) is 5.92. The first-order chi connectivity index (χ1) is 6.81. The molecule has 0 spiro atoms. The molecule has 0 amide bonds. The first kappa shape index (κ1) is 13.1. The average Bonchev–Trinajstić information content (AvgIpc) is 2.57. The Hall–Kier alpha value is 0. The number of hydrogen-bond donors (Lipinski definition) is 1. The van der Waals surface area contributed by atoms with E-state index in [1.54, 1.807) is 0 Å². The van der Waals surface area contributed by atoms with Crippen molar-refractivity contribution in [2.75, 3.05) is 19.6 Å². The zero-order valence-electron chi connectivity index (χ0n) is 9.70. The molecule has 0 bridgehead atoms. The van der Waals surface area contributed by atoms with Crippen LogP contribution in [0.2, 0.25) is 0 Å². The molecule has 88 valence electrons. The van der Waals surface area contributed by atoms with Crippen LogP contribution in [-0.2, 0) is 0 Å². The lowest BCUT2D eigenvalue weighted by Crippen LogP contribution is -2.48. The van der Waals surface area contributed by atoms with Crippen LogP contribution in [0, 0.1) is 5.92 Å². The zero-order chi connectivity index (χ0) is 9.97. The van der Waals surface area contributed by atoms with Crippen LogP contribution in [0.5, 0.6) is 0 Å². The third-order valence-corrected chi connectivity index (χ3v) is 3.20. The predicted molar refractivity (Wildman–Crippen MR) is 74.9 cm³/mol. The Labute approximate surface area is 110 Å². The highest BCUT2D eigenvalue weighted by atomic mass is 127. The third kappa shape index (κ3) is 2.98. The summed E-state index contributed by atoms with van der Waals surface area (Å²) in [7, 11) is 0. The van der Waals surface area contributed by atoms with Gasteiger partial charge in [-0.1, -0.05) is 13.8 Å². The summed E-state index contributed by atoms with van der Waals surface area (Å²) >= 11 is 0. The second-order valence-electron chi connectivity index (χ2n) is 4.58. The third-order valence-electron chi connectivity index (χ3n) is 3.20. The van der Waals surface area contributed by atoms with Crippen LogP contribution >= 0.6 is 24.0 Å². The summed E-state index contributed by atoms with van der Waals surface area (Å²) in [6.07, 6.45) is 3.87. The quantitative estimate of drug-likeness (QED) is 0.788. The summed E-state index contributed by atoms with van der Waals surface area (Å²) in [5, 5.41) is 3.43. The van der Waals surface area contributed by atoms with Crippen LogP contribution in [0.15, 0.2) is 4.99 Å². The molecule has 0 radical (unpaired) electrons. The fourth-order valence-corrected chi connectivity index (χ4v) is 2.34. The molecule has 4 heteroatoms. The maximum Gasteiger partial charge on any atom is 0.194 e. The van der Waals surface area contributed by atoms with E-state index in [4.69, 9.17) is 0 Å². The van der Waals surface area contributed by atoms with Gasteiger partial charge in [0.1, 0.15) is 0 Å². The van der Waals surface area contributed by atoms with Gasteiger partial charge in [0.05, 0.1) is 12.6 Å². The van der Waals surface area contributed by atoms with E-state index >= 15 is 0 Å². The van der Waals surface area contributed by atoms with Crippen molar-refractivity contribution in [3.05, 3.63) is 0 Å². The lowest BCUT2D eigenvalue weighted by Gasteiger charge is -2.35. The van der Waals surface area contributed by atoms with Crippen molar-refractivity contribution >= 4 is 29.9 Å². The molecular weight excluding hydrogens is 301 g/mol. The number of nitrogens with zero attached hydrogens (tertiary/aromatic N) is 2. The van der Waals surface area contributed by atoms with E-state index in [9.17, 15) is 0 Å². The second-order valence-corrected chi connectivity index (χ2v) is 4.58. The van der Waals surface area contributed by atoms with Crippen LogP contribution in [0.4, 0.5) is 0 Å². The Morgan fingerprint density at radius 3 is 3.00 bits per heavy atom. The predicted octanol–water partition coefficient (Wildman–Crippen LogP) is 2.07. The average molecular weight is 323 g/mol. The van der Waals surface area contributed by atoms with Crippen LogP contribution in [0.3, 0.4) is 0 Å². The van der Waals surface area contributed by atoms with Gasteiger partial charge < -0.3 is 10.2 Å². The number of piperidine rings is 1. The SMILES string of the molecule is CCCNC1=NCC2CCC(C)CN12.I. The Morgan fingerprint density at radius 2 is 2.27 bits per heavy atom. The first-order valence-electron chi connectivity index (χ1n) is 5.86. The van der Waals surface area contributed by atoms with Crippen molar-refractivity contribution in [3.63, 3.8) is 0 Å². The Bertz CT molecular complexity index is 230. The van der Waals surface area contributed by atoms with E-state index in [2.05, 4.69) is 29.1 Å². The Balaban J connectivity index is 0.00000112. The van der Waals surface area contributed by atoms with E-state index in [1.165, 1.54) is 25.8 Å². The Morgan fingerprint density at radius 1 is 1.47 bits per heavy atom. The number of nitrogens with one attached hydrogen (secondary N) is 1. The van der Waals surface area contributed by atoms with Gasteiger partial charge in [0, 0.05) is 13.1 Å². The molecule has 0 aromatic heterocycles. The molecule has 3 nitrogen and oxygen atoms in total. The van der Waals surface area contributed by atoms with Crippen LogP contribution in [-0.4, -0.2) is 36.5 Å². The molecule has 1 saturated heterocycles. The van der Waals surface area contributed by atoms with Gasteiger partial charge >= 0.3 is 0 Å². The van der Waals surface area contributed by atoms with E-state index in [0.29, 0.717) is 6.04 Å². The van der Waals surface area contributed by atoms with Crippen LogP contribution in [0.25, 0.3) is 0 Å². The summed E-state index contributed by atoms with van der Waals surface area (Å²) in [5.41, 5.74) is 0. The lowest BCUT2D eigenvalue weighted by atomic mass is 9.95. The van der Waals surface area contributed by atoms with Gasteiger partial charge in [-0.25, -0.2) is 0 Å². The number of rotatable bonds is 2. The zero-order valence-corrected chi connectivity index (χ0v) is 12.0. The first-order valence-corrected chi connectivity index (χ1v) is 5.86. The smallest absolute Gasteiger partial charge is 0.194 e.